The number of ether oxygens (including phenoxy) is 1. The number of piperidine rings is 1. The van der Waals surface area contributed by atoms with E-state index in [1.807, 2.05) is 6.92 Å². The fraction of sp³-hybridized carbons (Fsp3) is 0.469. The molecule has 0 amide bonds. The number of halogens is 2. The Labute approximate surface area is 239 Å². The molecule has 2 aliphatic heterocycles. The summed E-state index contributed by atoms with van der Waals surface area (Å²) in [7, 11) is 2.09. The quantitative estimate of drug-likeness (QED) is 0.288. The zero-order chi connectivity index (χ0) is 28.9. The number of phenolic OH excluding ortho intramolecular Hbond substituents is 1. The molecule has 9 heteroatoms. The van der Waals surface area contributed by atoms with E-state index in [4.69, 9.17) is 9.72 Å². The summed E-state index contributed by atoms with van der Waals surface area (Å²) < 4.78 is 37.7. The average Bonchev–Trinajstić information content (AvgIpc) is 3.29. The van der Waals surface area contributed by atoms with Crippen molar-refractivity contribution >= 4 is 27.5 Å². The van der Waals surface area contributed by atoms with Crippen molar-refractivity contribution in [1.82, 2.24) is 19.9 Å². The van der Waals surface area contributed by atoms with Crippen LogP contribution in [0.2, 0.25) is 0 Å². The molecular weight excluding hydrogens is 524 g/mol. The number of likely N-dealkylation sites (tertiary alicyclic amines) is 1. The second-order valence-electron chi connectivity index (χ2n) is 12.0. The molecule has 4 aromatic rings. The number of hydrogen-bond acceptors (Lipinski definition) is 7. The normalized spacial score (nSPS) is 21.7. The molecule has 4 heterocycles. The number of pyridine rings is 1. The molecule has 2 aromatic carbocycles. The van der Waals surface area contributed by atoms with E-state index in [1.165, 1.54) is 12.1 Å². The number of fused-ring (bicyclic) bond motifs is 2. The second-order valence-corrected chi connectivity index (χ2v) is 12.0. The Bertz CT molecular complexity index is 1630. The maximum atomic E-state index is 16.6. The maximum absolute atomic E-state index is 16.6. The highest BCUT2D eigenvalue weighted by molar-refractivity contribution is 6.01. The van der Waals surface area contributed by atoms with Gasteiger partial charge in [-0.2, -0.15) is 9.97 Å². The monoisotopic (exact) mass is 561 g/mol. The average molecular weight is 562 g/mol. The number of likely N-dealkylation sites (N-methyl/N-ethyl adjacent to an activating group) is 1. The summed E-state index contributed by atoms with van der Waals surface area (Å²) in [5.41, 5.74) is 0.724. The predicted octanol–water partition coefficient (Wildman–Crippen LogP) is 6.49. The van der Waals surface area contributed by atoms with E-state index in [2.05, 4.69) is 40.7 Å². The van der Waals surface area contributed by atoms with Crippen LogP contribution in [0.25, 0.3) is 32.9 Å². The van der Waals surface area contributed by atoms with Gasteiger partial charge in [-0.25, -0.2) is 8.78 Å². The Morgan fingerprint density at radius 3 is 2.71 bits per heavy atom. The van der Waals surface area contributed by atoms with Crippen LogP contribution in [0.4, 0.5) is 14.6 Å². The summed E-state index contributed by atoms with van der Waals surface area (Å²) in [5, 5.41) is 12.2. The molecule has 2 unspecified atom stereocenters. The van der Waals surface area contributed by atoms with Crippen LogP contribution in [0.5, 0.6) is 11.8 Å². The molecule has 0 aliphatic carbocycles. The third-order valence-corrected chi connectivity index (χ3v) is 9.00. The molecule has 0 saturated carbocycles. The highest BCUT2D eigenvalue weighted by atomic mass is 19.1. The van der Waals surface area contributed by atoms with Gasteiger partial charge in [0.25, 0.3) is 0 Å². The van der Waals surface area contributed by atoms with Crippen molar-refractivity contribution in [3.63, 3.8) is 0 Å². The Morgan fingerprint density at radius 2 is 1.98 bits per heavy atom. The lowest BCUT2D eigenvalue weighted by atomic mass is 9.94. The van der Waals surface area contributed by atoms with Gasteiger partial charge in [0.1, 0.15) is 35.2 Å². The number of aromatic nitrogens is 3. The van der Waals surface area contributed by atoms with Crippen molar-refractivity contribution in [3.05, 3.63) is 47.7 Å². The number of hydrogen-bond donors (Lipinski definition) is 1. The molecule has 0 radical (unpaired) electrons. The van der Waals surface area contributed by atoms with Gasteiger partial charge in [0.2, 0.25) is 0 Å². The Morgan fingerprint density at radius 1 is 1.15 bits per heavy atom. The van der Waals surface area contributed by atoms with Crippen LogP contribution in [0.1, 0.15) is 52.0 Å². The summed E-state index contributed by atoms with van der Waals surface area (Å²) in [6, 6.07) is 6.10. The molecule has 2 fully saturated rings. The molecule has 1 N–H and O–H groups in total. The molecule has 7 nitrogen and oxygen atoms in total. The lowest BCUT2D eigenvalue weighted by Gasteiger charge is -2.33. The fourth-order valence-corrected chi connectivity index (χ4v) is 6.49. The summed E-state index contributed by atoms with van der Waals surface area (Å²) >= 11 is 0. The van der Waals surface area contributed by atoms with E-state index in [1.54, 1.807) is 18.3 Å². The molecule has 2 aliphatic rings. The van der Waals surface area contributed by atoms with E-state index in [-0.39, 0.29) is 34.3 Å². The minimum Gasteiger partial charge on any atom is -0.508 e. The van der Waals surface area contributed by atoms with E-state index >= 15 is 4.39 Å². The first kappa shape index (κ1) is 27.6. The minimum absolute atomic E-state index is 0.00352. The lowest BCUT2D eigenvalue weighted by molar-refractivity contribution is 0.108. The van der Waals surface area contributed by atoms with E-state index in [9.17, 15) is 9.50 Å². The van der Waals surface area contributed by atoms with Gasteiger partial charge in [0.15, 0.2) is 5.82 Å². The first-order chi connectivity index (χ1) is 19.7. The molecular formula is C32H37F2N5O2. The number of aryl methyl sites for hydroxylation is 1. The standard InChI is InChI=1S/C32H37F2N5O2/c1-5-22-25(33)10-9-20-14-21(40)15-23(26(20)22)28-27(34)29-24(16-35-28)30(39-13-6-8-19(2)17-39)37-31(36-29)41-18-32(3)11-7-12-38(32)4/h9-10,14-16,19,40H,5-8,11-13,17-18H2,1-4H3. The highest BCUT2D eigenvalue weighted by Crippen LogP contribution is 2.39. The lowest BCUT2D eigenvalue weighted by Crippen LogP contribution is -2.43. The first-order valence-corrected chi connectivity index (χ1v) is 14.6. The highest BCUT2D eigenvalue weighted by Gasteiger charge is 2.35. The summed E-state index contributed by atoms with van der Waals surface area (Å²) in [6.45, 7) is 9.20. The van der Waals surface area contributed by atoms with Crippen molar-refractivity contribution < 1.29 is 18.6 Å². The molecule has 2 aromatic heterocycles. The number of aromatic hydroxyl groups is 1. The topological polar surface area (TPSA) is 74.6 Å². The van der Waals surface area contributed by atoms with Crippen LogP contribution in [0.3, 0.4) is 0 Å². The molecule has 6 rings (SSSR count). The van der Waals surface area contributed by atoms with Gasteiger partial charge in [0, 0.05) is 24.8 Å². The zero-order valence-electron chi connectivity index (χ0n) is 24.2. The summed E-state index contributed by atoms with van der Waals surface area (Å²) in [5.74, 6) is 0.00959. The van der Waals surface area contributed by atoms with Crippen molar-refractivity contribution in [2.45, 2.75) is 58.4 Å². The number of rotatable bonds is 6. The first-order valence-electron chi connectivity index (χ1n) is 14.6. The zero-order valence-corrected chi connectivity index (χ0v) is 24.2. The van der Waals surface area contributed by atoms with E-state index in [0.717, 1.165) is 45.3 Å². The Kier molecular flexibility index (Phi) is 7.18. The van der Waals surface area contributed by atoms with Gasteiger partial charge >= 0.3 is 6.01 Å². The number of anilines is 1. The van der Waals surface area contributed by atoms with Crippen molar-refractivity contribution in [1.29, 1.82) is 0 Å². The number of nitrogens with zero attached hydrogens (tertiary/aromatic N) is 5. The van der Waals surface area contributed by atoms with Gasteiger partial charge < -0.3 is 14.7 Å². The molecule has 2 saturated heterocycles. The van der Waals surface area contributed by atoms with Crippen LogP contribution in [-0.2, 0) is 6.42 Å². The van der Waals surface area contributed by atoms with Gasteiger partial charge in [-0.3, -0.25) is 9.88 Å². The van der Waals surface area contributed by atoms with Gasteiger partial charge in [-0.1, -0.05) is 19.9 Å². The van der Waals surface area contributed by atoms with Crippen LogP contribution in [-0.4, -0.2) is 63.8 Å². The van der Waals surface area contributed by atoms with Crippen LogP contribution in [0.15, 0.2) is 30.5 Å². The van der Waals surface area contributed by atoms with Gasteiger partial charge in [-0.05, 0) is 93.1 Å². The van der Waals surface area contributed by atoms with Gasteiger partial charge in [-0.15, -0.1) is 0 Å². The Hall–Kier alpha value is -3.59. The van der Waals surface area contributed by atoms with E-state index < -0.39 is 5.82 Å². The van der Waals surface area contributed by atoms with Crippen LogP contribution < -0.4 is 9.64 Å². The summed E-state index contributed by atoms with van der Waals surface area (Å²) in [6.07, 6.45) is 6.23. The molecule has 0 bridgehead atoms. The van der Waals surface area contributed by atoms with Crippen molar-refractivity contribution in [2.24, 2.45) is 5.92 Å². The summed E-state index contributed by atoms with van der Waals surface area (Å²) in [4.78, 5) is 18.4. The number of benzene rings is 2. The molecule has 216 valence electrons. The smallest absolute Gasteiger partial charge is 0.319 e. The van der Waals surface area contributed by atoms with E-state index in [0.29, 0.717) is 52.0 Å². The maximum Gasteiger partial charge on any atom is 0.319 e. The SMILES string of the molecule is CCc1c(F)ccc2cc(O)cc(-c3ncc4c(N5CCCC(C)C5)nc(OCC5(C)CCCN5C)nc4c3F)c12. The third kappa shape index (κ3) is 4.94. The molecule has 41 heavy (non-hydrogen) atoms. The Balaban J connectivity index is 1.53. The van der Waals surface area contributed by atoms with Crippen molar-refractivity contribution in [2.75, 3.05) is 38.2 Å². The number of phenols is 1. The second kappa shape index (κ2) is 10.7. The third-order valence-electron chi connectivity index (χ3n) is 9.00. The minimum atomic E-state index is -0.650. The van der Waals surface area contributed by atoms with Gasteiger partial charge in [0.05, 0.1) is 10.9 Å². The molecule has 0 spiro atoms. The predicted molar refractivity (Wildman–Crippen MR) is 158 cm³/mol. The van der Waals surface area contributed by atoms with Crippen molar-refractivity contribution in [3.8, 4) is 23.0 Å². The van der Waals surface area contributed by atoms with Crippen LogP contribution >= 0.6 is 0 Å². The largest absolute Gasteiger partial charge is 0.508 e. The van der Waals surface area contributed by atoms with Crippen LogP contribution in [0, 0.1) is 17.6 Å². The molecule has 2 atom stereocenters. The fourth-order valence-electron chi connectivity index (χ4n) is 6.49.